The number of benzene rings is 1. The highest BCUT2D eigenvalue weighted by Gasteiger charge is 2.24. The van der Waals surface area contributed by atoms with Crippen molar-refractivity contribution in [3.05, 3.63) is 46.2 Å². The predicted molar refractivity (Wildman–Crippen MR) is 96.1 cm³/mol. The molecule has 0 aliphatic carbocycles. The lowest BCUT2D eigenvalue weighted by atomic mass is 9.91. The van der Waals surface area contributed by atoms with Crippen molar-refractivity contribution in [3.63, 3.8) is 0 Å². The maximum absolute atomic E-state index is 11.9. The monoisotopic (exact) mass is 327 g/mol. The molecule has 0 saturated heterocycles. The molecule has 0 fully saturated rings. The molecule has 4 nitrogen and oxygen atoms in total. The fraction of sp³-hybridized carbons (Fsp3) is 0.450. The summed E-state index contributed by atoms with van der Waals surface area (Å²) >= 11 is 0. The van der Waals surface area contributed by atoms with E-state index >= 15 is 0 Å². The van der Waals surface area contributed by atoms with Crippen LogP contribution >= 0.6 is 0 Å². The Morgan fingerprint density at radius 2 is 2.04 bits per heavy atom. The second kappa shape index (κ2) is 6.71. The molecule has 1 aromatic heterocycles. The van der Waals surface area contributed by atoms with Gasteiger partial charge >= 0.3 is 0 Å². The molecule has 3 rings (SSSR count). The van der Waals surface area contributed by atoms with Crippen molar-refractivity contribution >= 4 is 0 Å². The summed E-state index contributed by atoms with van der Waals surface area (Å²) < 4.78 is 13.7. The van der Waals surface area contributed by atoms with Crippen molar-refractivity contribution in [3.8, 4) is 22.8 Å². The van der Waals surface area contributed by atoms with Gasteiger partial charge in [0.15, 0.2) is 16.9 Å². The van der Waals surface area contributed by atoms with E-state index in [4.69, 9.17) is 9.47 Å². The summed E-state index contributed by atoms with van der Waals surface area (Å²) in [4.78, 5) is 11.9. The zero-order valence-corrected chi connectivity index (χ0v) is 14.8. The van der Waals surface area contributed by atoms with Gasteiger partial charge in [-0.05, 0) is 36.5 Å². The molecule has 1 aliphatic heterocycles. The molecule has 0 spiro atoms. The van der Waals surface area contributed by atoms with Gasteiger partial charge in [-0.15, -0.1) is 0 Å². The van der Waals surface area contributed by atoms with Crippen LogP contribution in [0.5, 0.6) is 11.5 Å². The van der Waals surface area contributed by atoms with Crippen molar-refractivity contribution in [2.75, 3.05) is 13.7 Å². The molecule has 0 radical (unpaired) electrons. The first-order valence-electron chi connectivity index (χ1n) is 8.59. The van der Waals surface area contributed by atoms with E-state index in [1.807, 2.05) is 12.3 Å². The number of ether oxygens (including phenoxy) is 2. The van der Waals surface area contributed by atoms with Crippen molar-refractivity contribution < 1.29 is 9.47 Å². The Morgan fingerprint density at radius 1 is 1.25 bits per heavy atom. The molecule has 128 valence electrons. The minimum atomic E-state index is 0.0306. The maximum atomic E-state index is 11.9. The first kappa shape index (κ1) is 16.6. The van der Waals surface area contributed by atoms with Crippen LogP contribution in [0.3, 0.4) is 0 Å². The fourth-order valence-corrected chi connectivity index (χ4v) is 3.26. The van der Waals surface area contributed by atoms with Crippen LogP contribution in [-0.4, -0.2) is 18.3 Å². The number of rotatable bonds is 5. The molecule has 2 aromatic rings. The molecule has 1 unspecified atom stereocenters. The number of hydrogen-bond acceptors (Lipinski definition) is 3. The number of hydrogen-bond donors (Lipinski definition) is 0. The van der Waals surface area contributed by atoms with Gasteiger partial charge in [-0.25, -0.2) is 0 Å². The van der Waals surface area contributed by atoms with Crippen LogP contribution in [0.4, 0.5) is 0 Å². The molecule has 0 amide bonds. The maximum Gasteiger partial charge on any atom is 0.182 e. The van der Waals surface area contributed by atoms with E-state index in [0.717, 1.165) is 29.8 Å². The Morgan fingerprint density at radius 3 is 2.71 bits per heavy atom. The highest BCUT2D eigenvalue weighted by molar-refractivity contribution is 5.70. The average Bonchev–Trinajstić information content (AvgIpc) is 2.58. The van der Waals surface area contributed by atoms with Crippen molar-refractivity contribution in [2.24, 2.45) is 5.92 Å². The quantitative estimate of drug-likeness (QED) is 0.831. The van der Waals surface area contributed by atoms with Crippen LogP contribution < -0.4 is 14.9 Å². The summed E-state index contributed by atoms with van der Waals surface area (Å²) in [6.07, 6.45) is 3.86. The van der Waals surface area contributed by atoms with E-state index in [1.165, 1.54) is 5.56 Å². The van der Waals surface area contributed by atoms with Gasteiger partial charge in [-0.1, -0.05) is 20.8 Å². The third-order valence-electron chi connectivity index (χ3n) is 4.51. The largest absolute Gasteiger partial charge is 0.493 e. The van der Waals surface area contributed by atoms with Gasteiger partial charge in [0, 0.05) is 29.9 Å². The molecular formula is C20H25NO3. The smallest absolute Gasteiger partial charge is 0.182 e. The van der Waals surface area contributed by atoms with E-state index in [-0.39, 0.29) is 5.43 Å². The first-order valence-corrected chi connectivity index (χ1v) is 8.59. The van der Waals surface area contributed by atoms with Gasteiger partial charge < -0.3 is 14.0 Å². The van der Waals surface area contributed by atoms with Crippen LogP contribution in [0.2, 0.25) is 0 Å². The van der Waals surface area contributed by atoms with Crippen molar-refractivity contribution in [2.45, 2.75) is 39.7 Å². The molecule has 0 N–H and O–H groups in total. The van der Waals surface area contributed by atoms with Gasteiger partial charge in [-0.2, -0.15) is 0 Å². The second-order valence-electron chi connectivity index (χ2n) is 6.79. The second-order valence-corrected chi connectivity index (χ2v) is 6.79. The Kier molecular flexibility index (Phi) is 4.65. The Hall–Kier alpha value is -2.23. The average molecular weight is 327 g/mol. The van der Waals surface area contributed by atoms with Gasteiger partial charge in [-0.3, -0.25) is 4.79 Å². The number of methoxy groups -OCH3 is 1. The van der Waals surface area contributed by atoms with Crippen LogP contribution in [0.25, 0.3) is 11.3 Å². The Labute approximate surface area is 143 Å². The highest BCUT2D eigenvalue weighted by atomic mass is 16.5. The third-order valence-corrected chi connectivity index (χ3v) is 4.51. The molecule has 1 atom stereocenters. The zero-order valence-electron chi connectivity index (χ0n) is 14.8. The lowest BCUT2D eigenvalue weighted by Gasteiger charge is -2.30. The summed E-state index contributed by atoms with van der Waals surface area (Å²) in [6.45, 7) is 7.08. The summed E-state index contributed by atoms with van der Waals surface area (Å²) in [5.74, 6) is 1.95. The fourth-order valence-electron chi connectivity index (χ4n) is 3.26. The minimum absolute atomic E-state index is 0.0306. The normalized spacial score (nSPS) is 15.8. The van der Waals surface area contributed by atoms with E-state index in [2.05, 4.69) is 31.4 Å². The molecule has 2 heterocycles. The van der Waals surface area contributed by atoms with Crippen molar-refractivity contribution in [1.29, 1.82) is 0 Å². The van der Waals surface area contributed by atoms with Gasteiger partial charge in [0.1, 0.15) is 0 Å². The summed E-state index contributed by atoms with van der Waals surface area (Å²) in [5, 5.41) is 0. The van der Waals surface area contributed by atoms with Gasteiger partial charge in [0.25, 0.3) is 0 Å². The molecule has 1 aliphatic rings. The number of fused-ring (bicyclic) bond motifs is 3. The summed E-state index contributed by atoms with van der Waals surface area (Å²) in [6, 6.07) is 7.80. The first-order chi connectivity index (χ1) is 11.5. The molecule has 24 heavy (non-hydrogen) atoms. The number of pyridine rings is 1. The standard InChI is InChI=1S/C20H25NO3/c1-5-15-8-14-9-20(24-12-13(2)3)19(23-4)11-17(14)18-10-16(22)6-7-21(15)18/h6-7,9-11,13,15H,5,8,12H2,1-4H3. The van der Waals surface area contributed by atoms with E-state index in [1.54, 1.807) is 19.2 Å². The van der Waals surface area contributed by atoms with Crippen LogP contribution in [0, 0.1) is 5.92 Å². The topological polar surface area (TPSA) is 40.5 Å². The summed E-state index contributed by atoms with van der Waals surface area (Å²) in [5.41, 5.74) is 3.27. The zero-order chi connectivity index (χ0) is 17.3. The predicted octanol–water partition coefficient (Wildman–Crippen LogP) is 4.07. The number of nitrogens with zero attached hydrogens (tertiary/aromatic N) is 1. The highest BCUT2D eigenvalue weighted by Crippen LogP contribution is 2.41. The van der Waals surface area contributed by atoms with Crippen molar-refractivity contribution in [1.82, 2.24) is 4.57 Å². The van der Waals surface area contributed by atoms with E-state index in [0.29, 0.717) is 24.3 Å². The molecule has 0 bridgehead atoms. The summed E-state index contributed by atoms with van der Waals surface area (Å²) in [7, 11) is 1.65. The molecular weight excluding hydrogens is 302 g/mol. The van der Waals surface area contributed by atoms with Crippen LogP contribution in [0.15, 0.2) is 35.3 Å². The van der Waals surface area contributed by atoms with Crippen LogP contribution in [0.1, 0.15) is 38.8 Å². The van der Waals surface area contributed by atoms with Gasteiger partial charge in [0.2, 0.25) is 0 Å². The number of aromatic nitrogens is 1. The third kappa shape index (κ3) is 3.05. The molecule has 0 saturated carbocycles. The minimum Gasteiger partial charge on any atom is -0.493 e. The van der Waals surface area contributed by atoms with E-state index in [9.17, 15) is 4.79 Å². The lowest BCUT2D eigenvalue weighted by Crippen LogP contribution is -2.21. The Balaban J connectivity index is 2.12. The molecule has 1 aromatic carbocycles. The lowest BCUT2D eigenvalue weighted by molar-refractivity contribution is 0.256. The Bertz CT molecular complexity index is 792. The van der Waals surface area contributed by atoms with E-state index < -0.39 is 0 Å². The van der Waals surface area contributed by atoms with Gasteiger partial charge in [0.05, 0.1) is 19.4 Å². The molecule has 4 heteroatoms. The van der Waals surface area contributed by atoms with Crippen LogP contribution in [-0.2, 0) is 6.42 Å². The SMILES string of the molecule is CCC1Cc2cc(OCC(C)C)c(OC)cc2-c2cc(=O)ccn21.